The maximum absolute atomic E-state index is 12.2. The third-order valence-corrected chi connectivity index (χ3v) is 4.23. The van der Waals surface area contributed by atoms with Crippen LogP contribution in [0.1, 0.15) is 74.1 Å². The third kappa shape index (κ3) is 4.00. The second-order valence-electron chi connectivity index (χ2n) is 8.18. The Hall–Kier alpha value is -0.530. The van der Waals surface area contributed by atoms with E-state index in [9.17, 15) is 4.79 Å². The van der Waals surface area contributed by atoms with Crippen molar-refractivity contribution in [3.63, 3.8) is 0 Å². The summed E-state index contributed by atoms with van der Waals surface area (Å²) in [7, 11) is 0. The van der Waals surface area contributed by atoms with Crippen LogP contribution in [0.15, 0.2) is 0 Å². The topological polar surface area (TPSA) is 26.3 Å². The molecule has 2 heteroatoms. The number of rotatable bonds is 3. The predicted octanol–water partition coefficient (Wildman–Crippen LogP) is 4.57. The minimum Gasteiger partial charge on any atom is -0.462 e. The van der Waals surface area contributed by atoms with E-state index in [1.54, 1.807) is 0 Å². The Morgan fingerprint density at radius 1 is 1.17 bits per heavy atom. The van der Waals surface area contributed by atoms with Gasteiger partial charge in [0.1, 0.15) is 6.10 Å². The molecule has 0 N–H and O–H groups in total. The van der Waals surface area contributed by atoms with Crippen LogP contribution in [0.4, 0.5) is 0 Å². The van der Waals surface area contributed by atoms with Crippen molar-refractivity contribution in [3.05, 3.63) is 0 Å². The van der Waals surface area contributed by atoms with Crippen LogP contribution in [-0.4, -0.2) is 12.1 Å². The summed E-state index contributed by atoms with van der Waals surface area (Å²) in [6, 6.07) is 0. The Kier molecular flexibility index (Phi) is 4.19. The van der Waals surface area contributed by atoms with E-state index in [0.29, 0.717) is 0 Å². The van der Waals surface area contributed by atoms with Crippen molar-refractivity contribution in [2.45, 2.75) is 80.3 Å². The molecule has 106 valence electrons. The SMILES string of the molecule is CCC(C)(C)C(=O)OC1CC(C)(C)CC(C)(C)C1. The highest BCUT2D eigenvalue weighted by Gasteiger charge is 2.41. The minimum absolute atomic E-state index is 0.0384. The van der Waals surface area contributed by atoms with E-state index < -0.39 is 0 Å². The lowest BCUT2D eigenvalue weighted by Gasteiger charge is -2.44. The molecule has 0 aromatic carbocycles. The number of esters is 1. The summed E-state index contributed by atoms with van der Waals surface area (Å²) in [5.41, 5.74) is 0.178. The number of ether oxygens (including phenoxy) is 1. The van der Waals surface area contributed by atoms with Crippen molar-refractivity contribution in [2.24, 2.45) is 16.2 Å². The Bertz CT molecular complexity index is 297. The second-order valence-corrected chi connectivity index (χ2v) is 8.18. The van der Waals surface area contributed by atoms with Gasteiger partial charge in [0.15, 0.2) is 0 Å². The van der Waals surface area contributed by atoms with Crippen LogP contribution >= 0.6 is 0 Å². The van der Waals surface area contributed by atoms with Crippen LogP contribution in [0, 0.1) is 16.2 Å². The van der Waals surface area contributed by atoms with Crippen molar-refractivity contribution in [3.8, 4) is 0 Å². The molecule has 0 atom stereocenters. The predicted molar refractivity (Wildman–Crippen MR) is 75.4 cm³/mol. The van der Waals surface area contributed by atoms with Gasteiger partial charge in [0.05, 0.1) is 5.41 Å². The molecule has 0 radical (unpaired) electrons. The van der Waals surface area contributed by atoms with E-state index in [-0.39, 0.29) is 28.3 Å². The zero-order valence-electron chi connectivity index (χ0n) is 13.2. The van der Waals surface area contributed by atoms with Gasteiger partial charge in [0.2, 0.25) is 0 Å². The van der Waals surface area contributed by atoms with E-state index in [2.05, 4.69) is 27.7 Å². The van der Waals surface area contributed by atoms with Gasteiger partial charge in [0.25, 0.3) is 0 Å². The van der Waals surface area contributed by atoms with Gasteiger partial charge in [-0.1, -0.05) is 34.6 Å². The zero-order chi connectivity index (χ0) is 14.2. The van der Waals surface area contributed by atoms with E-state index >= 15 is 0 Å². The summed E-state index contributed by atoms with van der Waals surface area (Å²) >= 11 is 0. The number of carbonyl (C=O) groups is 1. The standard InChI is InChI=1S/C16H30O2/c1-8-16(6,7)13(17)18-12-9-14(2,3)11-15(4,5)10-12/h12H,8-11H2,1-7H3. The molecular weight excluding hydrogens is 224 g/mol. The smallest absolute Gasteiger partial charge is 0.311 e. The molecule has 1 fully saturated rings. The van der Waals surface area contributed by atoms with E-state index in [0.717, 1.165) is 19.3 Å². The fourth-order valence-corrected chi connectivity index (χ4v) is 3.28. The highest BCUT2D eigenvalue weighted by Crippen LogP contribution is 2.47. The van der Waals surface area contributed by atoms with Gasteiger partial charge in [-0.3, -0.25) is 4.79 Å². The van der Waals surface area contributed by atoms with Crippen LogP contribution in [0.25, 0.3) is 0 Å². The Morgan fingerprint density at radius 2 is 1.61 bits per heavy atom. The summed E-state index contributed by atoms with van der Waals surface area (Å²) in [5, 5.41) is 0. The lowest BCUT2D eigenvalue weighted by atomic mass is 9.64. The summed E-state index contributed by atoms with van der Waals surface area (Å²) in [5.74, 6) is -0.0384. The average molecular weight is 254 g/mol. The molecule has 1 aliphatic rings. The van der Waals surface area contributed by atoms with Crippen molar-refractivity contribution in [1.29, 1.82) is 0 Å². The summed E-state index contributed by atoms with van der Waals surface area (Å²) in [6.45, 7) is 15.1. The van der Waals surface area contributed by atoms with Gasteiger partial charge >= 0.3 is 5.97 Å². The Morgan fingerprint density at radius 3 is 2.00 bits per heavy atom. The molecule has 0 aromatic heterocycles. The molecule has 0 bridgehead atoms. The largest absolute Gasteiger partial charge is 0.462 e. The monoisotopic (exact) mass is 254 g/mol. The molecule has 1 aliphatic carbocycles. The highest BCUT2D eigenvalue weighted by atomic mass is 16.5. The van der Waals surface area contributed by atoms with E-state index in [4.69, 9.17) is 4.74 Å². The first-order valence-corrected chi connectivity index (χ1v) is 7.19. The maximum Gasteiger partial charge on any atom is 0.311 e. The van der Waals surface area contributed by atoms with Crippen molar-refractivity contribution in [2.75, 3.05) is 0 Å². The molecule has 1 rings (SSSR count). The minimum atomic E-state index is -0.355. The number of hydrogen-bond acceptors (Lipinski definition) is 2. The molecule has 0 amide bonds. The normalized spacial score (nSPS) is 23.7. The van der Waals surface area contributed by atoms with Crippen LogP contribution in [0.2, 0.25) is 0 Å². The summed E-state index contributed by atoms with van der Waals surface area (Å²) in [6.07, 6.45) is 4.09. The maximum atomic E-state index is 12.2. The molecule has 0 aromatic rings. The molecule has 18 heavy (non-hydrogen) atoms. The Balaban J connectivity index is 2.71. The molecule has 2 nitrogen and oxygen atoms in total. The average Bonchev–Trinajstić information content (AvgIpc) is 2.12. The first kappa shape index (κ1) is 15.5. The van der Waals surface area contributed by atoms with Crippen LogP contribution in [0.5, 0.6) is 0 Å². The van der Waals surface area contributed by atoms with E-state index in [1.165, 1.54) is 6.42 Å². The van der Waals surface area contributed by atoms with Crippen LogP contribution < -0.4 is 0 Å². The molecular formula is C16H30O2. The zero-order valence-corrected chi connectivity index (χ0v) is 13.2. The lowest BCUT2D eigenvalue weighted by molar-refractivity contribution is -0.166. The first-order valence-electron chi connectivity index (χ1n) is 7.19. The van der Waals surface area contributed by atoms with Crippen LogP contribution in [-0.2, 0) is 9.53 Å². The lowest BCUT2D eigenvalue weighted by Crippen LogP contribution is -2.40. The number of hydrogen-bond donors (Lipinski definition) is 0. The second kappa shape index (κ2) is 4.86. The quantitative estimate of drug-likeness (QED) is 0.690. The highest BCUT2D eigenvalue weighted by molar-refractivity contribution is 5.76. The molecule has 0 saturated heterocycles. The fraction of sp³-hybridized carbons (Fsp3) is 0.938. The molecule has 0 unspecified atom stereocenters. The van der Waals surface area contributed by atoms with Crippen LogP contribution in [0.3, 0.4) is 0 Å². The van der Waals surface area contributed by atoms with E-state index in [1.807, 2.05) is 20.8 Å². The van der Waals surface area contributed by atoms with Gasteiger partial charge in [-0.05, 0) is 50.4 Å². The first-order chi connectivity index (χ1) is 7.97. The van der Waals surface area contributed by atoms with Gasteiger partial charge in [-0.25, -0.2) is 0 Å². The molecule has 0 aliphatic heterocycles. The summed E-state index contributed by atoms with van der Waals surface area (Å²) < 4.78 is 5.78. The molecule has 0 heterocycles. The van der Waals surface area contributed by atoms with Crippen molar-refractivity contribution >= 4 is 5.97 Å². The third-order valence-electron chi connectivity index (χ3n) is 4.23. The van der Waals surface area contributed by atoms with Gasteiger partial charge in [-0.2, -0.15) is 0 Å². The molecule has 1 saturated carbocycles. The van der Waals surface area contributed by atoms with Gasteiger partial charge in [0, 0.05) is 0 Å². The van der Waals surface area contributed by atoms with Crippen molar-refractivity contribution in [1.82, 2.24) is 0 Å². The van der Waals surface area contributed by atoms with Crippen molar-refractivity contribution < 1.29 is 9.53 Å². The molecule has 0 spiro atoms. The fourth-order valence-electron chi connectivity index (χ4n) is 3.28. The van der Waals surface area contributed by atoms with Gasteiger partial charge < -0.3 is 4.74 Å². The van der Waals surface area contributed by atoms with Gasteiger partial charge in [-0.15, -0.1) is 0 Å². The Labute approximate surface area is 112 Å². The number of carbonyl (C=O) groups excluding carboxylic acids is 1. The summed E-state index contributed by atoms with van der Waals surface area (Å²) in [4.78, 5) is 12.2.